The number of ether oxygens (including phenoxy) is 2. The van der Waals surface area contributed by atoms with Crippen LogP contribution in [0.15, 0.2) is 18.2 Å². The maximum Gasteiger partial charge on any atom is 0.121 e. The van der Waals surface area contributed by atoms with Crippen LogP contribution in [-0.2, 0) is 4.74 Å². The van der Waals surface area contributed by atoms with E-state index in [1.807, 2.05) is 7.05 Å². The lowest BCUT2D eigenvalue weighted by molar-refractivity contribution is 0.0963. The summed E-state index contributed by atoms with van der Waals surface area (Å²) in [5.41, 5.74) is 2.50. The normalized spacial score (nSPS) is 25.1. The molecule has 1 aromatic carbocycles. The third kappa shape index (κ3) is 2.52. The average Bonchev–Trinajstić information content (AvgIpc) is 2.77. The summed E-state index contributed by atoms with van der Waals surface area (Å²) in [6.07, 6.45) is 1.45. The van der Waals surface area contributed by atoms with Gasteiger partial charge in [-0.2, -0.15) is 0 Å². The second-order valence-electron chi connectivity index (χ2n) is 5.02. The van der Waals surface area contributed by atoms with Crippen molar-refractivity contribution in [2.45, 2.75) is 32.4 Å². The molecule has 100 valence electrons. The predicted octanol–water partition coefficient (Wildman–Crippen LogP) is 2.69. The van der Waals surface area contributed by atoms with Crippen molar-refractivity contribution in [3.8, 4) is 5.75 Å². The van der Waals surface area contributed by atoms with E-state index in [4.69, 9.17) is 9.47 Å². The van der Waals surface area contributed by atoms with Crippen LogP contribution < -0.4 is 10.1 Å². The Morgan fingerprint density at radius 3 is 2.72 bits per heavy atom. The van der Waals surface area contributed by atoms with Gasteiger partial charge in [-0.3, -0.25) is 0 Å². The Morgan fingerprint density at radius 2 is 2.22 bits per heavy atom. The third-order valence-electron chi connectivity index (χ3n) is 3.95. The summed E-state index contributed by atoms with van der Waals surface area (Å²) in [6.45, 7) is 5.13. The first-order chi connectivity index (χ1) is 8.67. The Balaban J connectivity index is 2.24. The van der Waals surface area contributed by atoms with E-state index in [0.29, 0.717) is 18.1 Å². The Kier molecular flexibility index (Phi) is 4.25. The lowest BCUT2D eigenvalue weighted by Crippen LogP contribution is -2.29. The molecule has 1 aromatic rings. The zero-order valence-corrected chi connectivity index (χ0v) is 11.7. The Labute approximate surface area is 109 Å². The van der Waals surface area contributed by atoms with Crippen molar-refractivity contribution in [3.63, 3.8) is 0 Å². The highest BCUT2D eigenvalue weighted by Gasteiger charge is 2.32. The largest absolute Gasteiger partial charge is 0.496 e. The fourth-order valence-corrected chi connectivity index (χ4v) is 2.91. The zero-order chi connectivity index (χ0) is 13.1. The molecule has 1 aliphatic heterocycles. The molecule has 1 fully saturated rings. The van der Waals surface area contributed by atoms with Gasteiger partial charge in [0.1, 0.15) is 5.75 Å². The molecule has 0 spiro atoms. The van der Waals surface area contributed by atoms with Crippen LogP contribution in [0.2, 0.25) is 0 Å². The molecule has 3 heteroatoms. The lowest BCUT2D eigenvalue weighted by atomic mass is 9.88. The first-order valence-corrected chi connectivity index (χ1v) is 6.60. The molecule has 0 amide bonds. The maximum absolute atomic E-state index is 5.68. The highest BCUT2D eigenvalue weighted by Crippen LogP contribution is 2.34. The van der Waals surface area contributed by atoms with Gasteiger partial charge >= 0.3 is 0 Å². The van der Waals surface area contributed by atoms with Crippen molar-refractivity contribution in [1.29, 1.82) is 0 Å². The SMILES string of the molecule is CNC(c1ccc(OC)c(C)c1)C1CCOC1C. The Bertz CT molecular complexity index is 405. The quantitative estimate of drug-likeness (QED) is 0.890. The molecule has 0 radical (unpaired) electrons. The number of hydrogen-bond donors (Lipinski definition) is 1. The van der Waals surface area contributed by atoms with Gasteiger partial charge in [0, 0.05) is 18.6 Å². The average molecular weight is 249 g/mol. The molecule has 1 N–H and O–H groups in total. The van der Waals surface area contributed by atoms with Crippen LogP contribution in [0, 0.1) is 12.8 Å². The maximum atomic E-state index is 5.68. The van der Waals surface area contributed by atoms with Crippen LogP contribution in [0.5, 0.6) is 5.75 Å². The molecule has 0 bridgehead atoms. The van der Waals surface area contributed by atoms with Crippen LogP contribution in [0.1, 0.15) is 30.5 Å². The topological polar surface area (TPSA) is 30.5 Å². The number of benzene rings is 1. The van der Waals surface area contributed by atoms with Gasteiger partial charge in [-0.1, -0.05) is 12.1 Å². The fourth-order valence-electron chi connectivity index (χ4n) is 2.91. The Hall–Kier alpha value is -1.06. The smallest absolute Gasteiger partial charge is 0.121 e. The number of hydrogen-bond acceptors (Lipinski definition) is 3. The van der Waals surface area contributed by atoms with E-state index >= 15 is 0 Å². The van der Waals surface area contributed by atoms with Gasteiger partial charge in [0.15, 0.2) is 0 Å². The van der Waals surface area contributed by atoms with Gasteiger partial charge in [-0.25, -0.2) is 0 Å². The molecule has 1 saturated heterocycles. The molecule has 2 rings (SSSR count). The van der Waals surface area contributed by atoms with E-state index in [1.54, 1.807) is 7.11 Å². The molecule has 3 atom stereocenters. The number of methoxy groups -OCH3 is 1. The second kappa shape index (κ2) is 5.72. The van der Waals surface area contributed by atoms with Crippen LogP contribution in [0.3, 0.4) is 0 Å². The van der Waals surface area contributed by atoms with Crippen molar-refractivity contribution in [2.24, 2.45) is 5.92 Å². The standard InChI is InChI=1S/C15H23NO2/c1-10-9-12(5-6-14(10)17-4)15(16-3)13-7-8-18-11(13)2/h5-6,9,11,13,15-16H,7-8H2,1-4H3. The highest BCUT2D eigenvalue weighted by atomic mass is 16.5. The van der Waals surface area contributed by atoms with E-state index in [9.17, 15) is 0 Å². The van der Waals surface area contributed by atoms with Crippen LogP contribution in [0.25, 0.3) is 0 Å². The Morgan fingerprint density at radius 1 is 1.44 bits per heavy atom. The third-order valence-corrected chi connectivity index (χ3v) is 3.95. The first-order valence-electron chi connectivity index (χ1n) is 6.60. The summed E-state index contributed by atoms with van der Waals surface area (Å²) < 4.78 is 11.0. The minimum Gasteiger partial charge on any atom is -0.496 e. The highest BCUT2D eigenvalue weighted by molar-refractivity contribution is 5.37. The summed E-state index contributed by atoms with van der Waals surface area (Å²) >= 11 is 0. The second-order valence-corrected chi connectivity index (χ2v) is 5.02. The molecule has 3 nitrogen and oxygen atoms in total. The van der Waals surface area contributed by atoms with E-state index in [-0.39, 0.29) is 0 Å². The van der Waals surface area contributed by atoms with Crippen molar-refractivity contribution >= 4 is 0 Å². The molecule has 3 unspecified atom stereocenters. The minimum atomic E-state index is 0.324. The summed E-state index contributed by atoms with van der Waals surface area (Å²) in [6, 6.07) is 6.77. The van der Waals surface area contributed by atoms with Crippen LogP contribution in [-0.4, -0.2) is 26.9 Å². The predicted molar refractivity (Wildman–Crippen MR) is 73.1 cm³/mol. The summed E-state index contributed by atoms with van der Waals surface area (Å²) in [4.78, 5) is 0. The van der Waals surface area contributed by atoms with Gasteiger partial charge in [-0.05, 0) is 44.5 Å². The summed E-state index contributed by atoms with van der Waals surface area (Å²) in [5, 5.41) is 3.43. The van der Waals surface area contributed by atoms with Crippen LogP contribution >= 0.6 is 0 Å². The van der Waals surface area contributed by atoms with Gasteiger partial charge < -0.3 is 14.8 Å². The summed E-state index contributed by atoms with van der Waals surface area (Å²) in [7, 11) is 3.74. The van der Waals surface area contributed by atoms with Crippen molar-refractivity contribution in [3.05, 3.63) is 29.3 Å². The van der Waals surface area contributed by atoms with Crippen molar-refractivity contribution in [1.82, 2.24) is 5.32 Å². The molecule has 1 heterocycles. The van der Waals surface area contributed by atoms with Crippen molar-refractivity contribution < 1.29 is 9.47 Å². The minimum absolute atomic E-state index is 0.324. The van der Waals surface area contributed by atoms with E-state index in [0.717, 1.165) is 18.8 Å². The number of rotatable bonds is 4. The van der Waals surface area contributed by atoms with Gasteiger partial charge in [-0.15, -0.1) is 0 Å². The fraction of sp³-hybridized carbons (Fsp3) is 0.600. The van der Waals surface area contributed by atoms with E-state index < -0.39 is 0 Å². The van der Waals surface area contributed by atoms with E-state index in [1.165, 1.54) is 11.1 Å². The van der Waals surface area contributed by atoms with Gasteiger partial charge in [0.2, 0.25) is 0 Å². The molecule has 0 saturated carbocycles. The zero-order valence-electron chi connectivity index (χ0n) is 11.7. The summed E-state index contributed by atoms with van der Waals surface area (Å²) in [5.74, 6) is 1.49. The van der Waals surface area contributed by atoms with Gasteiger partial charge in [0.05, 0.1) is 13.2 Å². The molecular weight excluding hydrogens is 226 g/mol. The monoisotopic (exact) mass is 249 g/mol. The number of aryl methyl sites for hydroxylation is 1. The first kappa shape index (κ1) is 13.4. The van der Waals surface area contributed by atoms with E-state index in [2.05, 4.69) is 37.4 Å². The lowest BCUT2D eigenvalue weighted by Gasteiger charge is -2.26. The molecule has 0 aromatic heterocycles. The number of nitrogens with one attached hydrogen (secondary N) is 1. The van der Waals surface area contributed by atoms with Crippen molar-refractivity contribution in [2.75, 3.05) is 20.8 Å². The molecular formula is C15H23NO2. The van der Waals surface area contributed by atoms with Gasteiger partial charge in [0.25, 0.3) is 0 Å². The molecule has 18 heavy (non-hydrogen) atoms. The molecule has 1 aliphatic rings. The molecule has 0 aliphatic carbocycles. The van der Waals surface area contributed by atoms with Crippen LogP contribution in [0.4, 0.5) is 0 Å².